The van der Waals surface area contributed by atoms with E-state index in [0.717, 1.165) is 0 Å². The van der Waals surface area contributed by atoms with Crippen molar-refractivity contribution in [2.24, 2.45) is 16.2 Å². The van der Waals surface area contributed by atoms with Crippen LogP contribution in [0.1, 0.15) is 33.6 Å². The third-order valence-corrected chi connectivity index (χ3v) is 6.29. The minimum Gasteiger partial charge on any atom is -0.461 e. The maximum atomic E-state index is 12.7. The van der Waals surface area contributed by atoms with Crippen molar-refractivity contribution in [3.63, 3.8) is 0 Å². The lowest BCUT2D eigenvalue weighted by Gasteiger charge is -2.51. The van der Waals surface area contributed by atoms with Gasteiger partial charge in [-0.3, -0.25) is 9.59 Å². The molecule has 2 spiro atoms. The normalized spacial score (nSPS) is 52.5. The number of carbonyl (C=O) groups is 3. The molecule has 3 saturated heterocycles. The first-order chi connectivity index (χ1) is 10.9. The molecule has 3 aliphatic heterocycles. The van der Waals surface area contributed by atoms with Gasteiger partial charge < -0.3 is 29.5 Å². The highest BCUT2D eigenvalue weighted by atomic mass is 16.9. The molecule has 0 radical (unpaired) electrons. The van der Waals surface area contributed by atoms with E-state index in [-0.39, 0.29) is 6.42 Å². The van der Waals surface area contributed by atoms with E-state index < -0.39 is 64.4 Å². The van der Waals surface area contributed by atoms with Gasteiger partial charge in [0, 0.05) is 6.42 Å². The zero-order valence-electron chi connectivity index (χ0n) is 13.4. The lowest BCUT2D eigenvalue weighted by atomic mass is 9.52. The smallest absolute Gasteiger partial charge is 0.386 e. The Kier molecular flexibility index (Phi) is 2.47. The van der Waals surface area contributed by atoms with Gasteiger partial charge in [-0.05, 0) is 5.41 Å². The zero-order chi connectivity index (χ0) is 17.9. The highest BCUT2D eigenvalue weighted by Gasteiger charge is 2.98. The summed E-state index contributed by atoms with van der Waals surface area (Å²) in [5.74, 6) is -5.87. The third-order valence-electron chi connectivity index (χ3n) is 6.29. The number of hydrogen-bond donors (Lipinski definition) is 3. The van der Waals surface area contributed by atoms with Gasteiger partial charge >= 0.3 is 23.9 Å². The number of aliphatic hydroxyl groups excluding tert-OH is 1. The van der Waals surface area contributed by atoms with E-state index in [0.29, 0.717) is 0 Å². The quantitative estimate of drug-likeness (QED) is 0.452. The molecular weight excluding hydrogens is 324 g/mol. The van der Waals surface area contributed by atoms with Crippen molar-refractivity contribution >= 4 is 17.9 Å². The Morgan fingerprint density at radius 1 is 1.12 bits per heavy atom. The maximum absolute atomic E-state index is 12.7. The van der Waals surface area contributed by atoms with Crippen molar-refractivity contribution in [3.8, 4) is 0 Å². The summed E-state index contributed by atoms with van der Waals surface area (Å²) in [5.41, 5.74) is -7.17. The molecule has 132 valence electrons. The number of ether oxygens (including phenoxy) is 3. The molecule has 3 heterocycles. The van der Waals surface area contributed by atoms with Crippen LogP contribution in [0.15, 0.2) is 0 Å². The molecule has 4 rings (SSSR count). The molecule has 0 amide bonds. The van der Waals surface area contributed by atoms with Crippen LogP contribution in [0.5, 0.6) is 0 Å². The molecule has 0 bridgehead atoms. The van der Waals surface area contributed by atoms with Gasteiger partial charge in [-0.25, -0.2) is 4.79 Å². The predicted molar refractivity (Wildman–Crippen MR) is 71.5 cm³/mol. The summed E-state index contributed by atoms with van der Waals surface area (Å²) in [4.78, 5) is 36.6. The number of rotatable bonds is 0. The van der Waals surface area contributed by atoms with Crippen molar-refractivity contribution in [2.45, 2.75) is 57.4 Å². The Morgan fingerprint density at radius 2 is 1.75 bits per heavy atom. The van der Waals surface area contributed by atoms with E-state index in [1.807, 2.05) is 0 Å². The first-order valence-corrected chi connectivity index (χ1v) is 7.66. The van der Waals surface area contributed by atoms with E-state index in [1.54, 1.807) is 20.8 Å². The molecule has 6 atom stereocenters. The summed E-state index contributed by atoms with van der Waals surface area (Å²) in [6.07, 6.45) is -3.96. The van der Waals surface area contributed by atoms with Crippen LogP contribution in [0.2, 0.25) is 0 Å². The molecule has 24 heavy (non-hydrogen) atoms. The third kappa shape index (κ3) is 1.17. The van der Waals surface area contributed by atoms with Crippen LogP contribution in [-0.2, 0) is 28.6 Å². The molecule has 9 nitrogen and oxygen atoms in total. The van der Waals surface area contributed by atoms with E-state index in [9.17, 15) is 29.7 Å². The van der Waals surface area contributed by atoms with Crippen LogP contribution in [0.25, 0.3) is 0 Å². The van der Waals surface area contributed by atoms with Crippen LogP contribution >= 0.6 is 0 Å². The summed E-state index contributed by atoms with van der Waals surface area (Å²) < 4.78 is 14.9. The second-order valence-electron chi connectivity index (χ2n) is 8.04. The number of esters is 3. The maximum Gasteiger partial charge on any atom is 0.386 e. The molecule has 3 N–H and O–H groups in total. The summed E-state index contributed by atoms with van der Waals surface area (Å²) in [5, 5.41) is 33.0. The van der Waals surface area contributed by atoms with Crippen LogP contribution in [0.3, 0.4) is 0 Å². The van der Waals surface area contributed by atoms with Gasteiger partial charge in [-0.2, -0.15) is 0 Å². The fraction of sp³-hybridized carbons (Fsp3) is 0.800. The molecule has 1 saturated carbocycles. The summed E-state index contributed by atoms with van der Waals surface area (Å²) in [6.45, 7) is 4.87. The zero-order valence-corrected chi connectivity index (χ0v) is 13.4. The van der Waals surface area contributed by atoms with Crippen molar-refractivity contribution in [1.29, 1.82) is 0 Å². The Labute approximate surface area is 136 Å². The van der Waals surface area contributed by atoms with Gasteiger partial charge in [-0.15, -0.1) is 0 Å². The molecule has 0 aromatic carbocycles. The average molecular weight is 342 g/mol. The van der Waals surface area contributed by atoms with Crippen molar-refractivity contribution in [3.05, 3.63) is 0 Å². The highest BCUT2D eigenvalue weighted by molar-refractivity contribution is 5.95. The molecular formula is C15H18O9. The molecule has 4 fully saturated rings. The lowest BCUT2D eigenvalue weighted by molar-refractivity contribution is -0.374. The first kappa shape index (κ1) is 15.8. The molecule has 0 unspecified atom stereocenters. The largest absolute Gasteiger partial charge is 0.461 e. The SMILES string of the molecule is CC(C)(C)[C@@]1(O)C[C@H]2OC(=O)C[C@@]23C(=O)O[C@@]2(O)OC(=O)[C@@H](O)[C@]231. The second kappa shape index (κ2) is 3.76. The van der Waals surface area contributed by atoms with Gasteiger partial charge in [0.25, 0.3) is 0 Å². The van der Waals surface area contributed by atoms with Gasteiger partial charge in [0.1, 0.15) is 11.5 Å². The standard InChI is InChI=1S/C15H18O9/c1-11(2,3)13(20)4-6-12(5-7(16)22-6)10(19)24-15(21)14(12,13)8(17)9(18)23-15/h6,8,17,20-21H,4-5H2,1-3H3/t6-,8-,12+,13+,14+,15+/m1/s1. The summed E-state index contributed by atoms with van der Waals surface area (Å²) >= 11 is 0. The molecule has 1 aliphatic carbocycles. The minimum absolute atomic E-state index is 0.243. The number of carbonyl (C=O) groups excluding carboxylic acids is 3. The van der Waals surface area contributed by atoms with Crippen molar-refractivity contribution in [1.82, 2.24) is 0 Å². The fourth-order valence-electron chi connectivity index (χ4n) is 5.27. The highest BCUT2D eigenvalue weighted by Crippen LogP contribution is 2.77. The van der Waals surface area contributed by atoms with Gasteiger partial charge in [0.15, 0.2) is 11.5 Å². The van der Waals surface area contributed by atoms with Crippen LogP contribution < -0.4 is 0 Å². The van der Waals surface area contributed by atoms with Gasteiger partial charge in [0.05, 0.1) is 12.0 Å². The number of aliphatic hydroxyl groups is 3. The van der Waals surface area contributed by atoms with E-state index in [1.165, 1.54) is 0 Å². The summed E-state index contributed by atoms with van der Waals surface area (Å²) in [6, 6.07) is 0. The monoisotopic (exact) mass is 342 g/mol. The van der Waals surface area contributed by atoms with E-state index >= 15 is 0 Å². The van der Waals surface area contributed by atoms with Crippen molar-refractivity contribution < 1.29 is 43.9 Å². The van der Waals surface area contributed by atoms with Crippen LogP contribution in [-0.4, -0.2) is 57.0 Å². The Morgan fingerprint density at radius 3 is 2.33 bits per heavy atom. The summed E-state index contributed by atoms with van der Waals surface area (Å²) in [7, 11) is 0. The average Bonchev–Trinajstić information content (AvgIpc) is 2.96. The van der Waals surface area contributed by atoms with Crippen molar-refractivity contribution in [2.75, 3.05) is 0 Å². The Bertz CT molecular complexity index is 696. The van der Waals surface area contributed by atoms with Gasteiger partial charge in [0.2, 0.25) is 0 Å². The van der Waals surface area contributed by atoms with E-state index in [4.69, 9.17) is 14.2 Å². The molecule has 4 aliphatic rings. The van der Waals surface area contributed by atoms with Gasteiger partial charge in [-0.1, -0.05) is 20.8 Å². The van der Waals surface area contributed by atoms with Crippen LogP contribution in [0, 0.1) is 16.2 Å². The first-order valence-electron chi connectivity index (χ1n) is 7.66. The predicted octanol–water partition coefficient (Wildman–Crippen LogP) is -1.42. The Balaban J connectivity index is 2.10. The number of hydrogen-bond acceptors (Lipinski definition) is 9. The minimum atomic E-state index is -2.87. The molecule has 9 heteroatoms. The van der Waals surface area contributed by atoms with Crippen LogP contribution in [0.4, 0.5) is 0 Å². The molecule has 0 aromatic heterocycles. The topological polar surface area (TPSA) is 140 Å². The molecule has 0 aromatic rings. The second-order valence-corrected chi connectivity index (χ2v) is 8.04. The fourth-order valence-corrected chi connectivity index (χ4v) is 5.27. The Hall–Kier alpha value is -1.71. The van der Waals surface area contributed by atoms with E-state index in [2.05, 4.69) is 0 Å². The lowest BCUT2D eigenvalue weighted by Crippen LogP contribution is -2.68.